The number of carbonyl (C=O) groups excluding carboxylic acids is 2. The molecule has 0 radical (unpaired) electrons. The Morgan fingerprint density at radius 2 is 1.28 bits per heavy atom. The molecule has 0 bridgehead atoms. The van der Waals surface area contributed by atoms with Gasteiger partial charge in [-0.3, -0.25) is 9.59 Å². The van der Waals surface area contributed by atoms with Crippen molar-refractivity contribution in [1.29, 1.82) is 0 Å². The van der Waals surface area contributed by atoms with Crippen LogP contribution < -0.4 is 4.90 Å². The number of hydrogen-bond donors (Lipinski definition) is 0. The molecule has 4 heteroatoms. The van der Waals surface area contributed by atoms with Crippen LogP contribution in [0.3, 0.4) is 0 Å². The molecule has 1 heterocycles. The predicted molar refractivity (Wildman–Crippen MR) is 128 cm³/mol. The minimum absolute atomic E-state index is 0.0627. The number of fused-ring (bicyclic) bond motifs is 3. The van der Waals surface area contributed by atoms with Gasteiger partial charge in [0.2, 0.25) is 0 Å². The summed E-state index contributed by atoms with van der Waals surface area (Å²) in [6.07, 6.45) is 0.424. The third-order valence-electron chi connectivity index (χ3n) is 6.14. The molecule has 0 aromatic heterocycles. The smallest absolute Gasteiger partial charge is 0.174 e. The lowest BCUT2D eigenvalue weighted by molar-refractivity contribution is 0.0838. The highest BCUT2D eigenvalue weighted by atomic mass is 32.2. The van der Waals surface area contributed by atoms with Gasteiger partial charge in [-0.15, -0.1) is 0 Å². The highest BCUT2D eigenvalue weighted by Crippen LogP contribution is 2.51. The van der Waals surface area contributed by atoms with Gasteiger partial charge in [0.05, 0.1) is 17.3 Å². The van der Waals surface area contributed by atoms with Gasteiger partial charge in [0, 0.05) is 26.6 Å². The van der Waals surface area contributed by atoms with Crippen LogP contribution in [-0.2, 0) is 6.42 Å². The van der Waals surface area contributed by atoms with Gasteiger partial charge in [0.1, 0.15) is 0 Å². The van der Waals surface area contributed by atoms with Crippen molar-refractivity contribution in [3.63, 3.8) is 0 Å². The Balaban J connectivity index is 1.38. The summed E-state index contributed by atoms with van der Waals surface area (Å²) < 4.78 is 0. The number of ketones is 2. The molecule has 1 aliphatic heterocycles. The first-order valence-electron chi connectivity index (χ1n) is 10.6. The summed E-state index contributed by atoms with van der Waals surface area (Å²) in [4.78, 5) is 30.3. The molecular weight excluding hydrogens is 414 g/mol. The summed E-state index contributed by atoms with van der Waals surface area (Å²) >= 11 is 1.73. The maximum Gasteiger partial charge on any atom is 0.174 e. The summed E-state index contributed by atoms with van der Waals surface area (Å²) in [6, 6.07) is 32.1. The van der Waals surface area contributed by atoms with Crippen LogP contribution in [0, 0.1) is 5.92 Å². The van der Waals surface area contributed by atoms with Gasteiger partial charge in [-0.2, -0.15) is 0 Å². The molecule has 32 heavy (non-hydrogen) atoms. The lowest BCUT2D eigenvalue weighted by Gasteiger charge is -2.33. The van der Waals surface area contributed by atoms with Gasteiger partial charge in [0.15, 0.2) is 11.6 Å². The number of Topliss-reactive ketones (excluding diaryl/α,β-unsaturated/α-hetero) is 2. The average Bonchev–Trinajstić information content (AvgIpc) is 3.08. The van der Waals surface area contributed by atoms with Crippen molar-refractivity contribution in [3.05, 3.63) is 114 Å². The van der Waals surface area contributed by atoms with Gasteiger partial charge in [-0.05, 0) is 48.4 Å². The van der Waals surface area contributed by atoms with Crippen LogP contribution in [-0.4, -0.2) is 11.6 Å². The Labute approximate surface area is 190 Å². The molecule has 4 aromatic carbocycles. The highest BCUT2D eigenvalue weighted by molar-refractivity contribution is 7.99. The van der Waals surface area contributed by atoms with E-state index in [9.17, 15) is 9.59 Å². The molecule has 154 valence electrons. The molecular formula is C28H19NO2S. The minimum Gasteiger partial charge on any atom is -0.308 e. The van der Waals surface area contributed by atoms with Gasteiger partial charge in [0.25, 0.3) is 0 Å². The summed E-state index contributed by atoms with van der Waals surface area (Å²) in [5, 5.41) is 0. The molecule has 2 aliphatic rings. The molecule has 0 amide bonds. The second-order valence-electron chi connectivity index (χ2n) is 8.07. The van der Waals surface area contributed by atoms with E-state index in [1.165, 1.54) is 4.90 Å². The third kappa shape index (κ3) is 2.99. The SMILES string of the molecule is O=C1c2ccccc2C(=O)C1Cc1ccc2c(c1)Sc1ccccc1N2c1ccccc1. The van der Waals surface area contributed by atoms with Crippen LogP contribution in [0.5, 0.6) is 0 Å². The quantitative estimate of drug-likeness (QED) is 0.291. The highest BCUT2D eigenvalue weighted by Gasteiger charge is 2.38. The zero-order chi connectivity index (χ0) is 21.7. The van der Waals surface area contributed by atoms with E-state index in [4.69, 9.17) is 0 Å². The summed E-state index contributed by atoms with van der Waals surface area (Å²) in [7, 11) is 0. The van der Waals surface area contributed by atoms with E-state index in [2.05, 4.69) is 53.4 Å². The summed E-state index contributed by atoms with van der Waals surface area (Å²) in [5.74, 6) is -0.754. The zero-order valence-corrected chi connectivity index (χ0v) is 18.0. The number of rotatable bonds is 3. The van der Waals surface area contributed by atoms with E-state index in [1.54, 1.807) is 23.9 Å². The standard InChI is InChI=1S/C28H19NO2S/c30-27-20-10-4-5-11-21(20)28(31)22(27)16-18-14-15-24-26(17-18)32-25-13-7-6-12-23(25)29(24)19-8-2-1-3-9-19/h1-15,17,22H,16H2. The fourth-order valence-electron chi connectivity index (χ4n) is 4.61. The molecule has 0 saturated heterocycles. The maximum atomic E-state index is 12.9. The molecule has 4 aromatic rings. The van der Waals surface area contributed by atoms with Crippen molar-refractivity contribution in [2.24, 2.45) is 5.92 Å². The van der Waals surface area contributed by atoms with E-state index < -0.39 is 5.92 Å². The van der Waals surface area contributed by atoms with Crippen LogP contribution in [0.4, 0.5) is 17.1 Å². The first-order valence-corrected chi connectivity index (χ1v) is 11.4. The number of benzene rings is 4. The molecule has 0 spiro atoms. The topological polar surface area (TPSA) is 37.4 Å². The number of carbonyl (C=O) groups is 2. The van der Waals surface area contributed by atoms with Gasteiger partial charge in [-0.25, -0.2) is 0 Å². The number of hydrogen-bond acceptors (Lipinski definition) is 4. The van der Waals surface area contributed by atoms with E-state index in [0.29, 0.717) is 17.5 Å². The lowest BCUT2D eigenvalue weighted by atomic mass is 9.94. The number of anilines is 3. The molecule has 1 aliphatic carbocycles. The first kappa shape index (κ1) is 19.1. The Morgan fingerprint density at radius 3 is 2.03 bits per heavy atom. The number of nitrogens with zero attached hydrogens (tertiary/aromatic N) is 1. The monoisotopic (exact) mass is 433 g/mol. The lowest BCUT2D eigenvalue weighted by Crippen LogP contribution is -2.19. The maximum absolute atomic E-state index is 12.9. The van der Waals surface area contributed by atoms with Crippen molar-refractivity contribution in [1.82, 2.24) is 0 Å². The van der Waals surface area contributed by atoms with Crippen molar-refractivity contribution in [3.8, 4) is 0 Å². The van der Waals surface area contributed by atoms with E-state index >= 15 is 0 Å². The molecule has 3 nitrogen and oxygen atoms in total. The van der Waals surface area contributed by atoms with Crippen LogP contribution >= 0.6 is 11.8 Å². The van der Waals surface area contributed by atoms with Crippen LogP contribution in [0.25, 0.3) is 0 Å². The Kier molecular flexibility index (Phi) is 4.47. The van der Waals surface area contributed by atoms with Crippen molar-refractivity contribution in [2.75, 3.05) is 4.90 Å². The fraction of sp³-hybridized carbons (Fsp3) is 0.0714. The zero-order valence-electron chi connectivity index (χ0n) is 17.2. The van der Waals surface area contributed by atoms with Crippen LogP contribution in [0.1, 0.15) is 26.3 Å². The molecule has 0 fully saturated rings. The van der Waals surface area contributed by atoms with Crippen molar-refractivity contribution in [2.45, 2.75) is 16.2 Å². The van der Waals surface area contributed by atoms with Gasteiger partial charge < -0.3 is 4.90 Å². The number of para-hydroxylation sites is 2. The first-order chi connectivity index (χ1) is 15.7. The fourth-order valence-corrected chi connectivity index (χ4v) is 5.73. The van der Waals surface area contributed by atoms with E-state index in [0.717, 1.165) is 27.5 Å². The molecule has 6 rings (SSSR count). The van der Waals surface area contributed by atoms with E-state index in [1.807, 2.05) is 36.4 Å². The predicted octanol–water partition coefficient (Wildman–Crippen LogP) is 6.86. The third-order valence-corrected chi connectivity index (χ3v) is 7.25. The Bertz CT molecular complexity index is 1340. The summed E-state index contributed by atoms with van der Waals surface area (Å²) in [6.45, 7) is 0. The largest absolute Gasteiger partial charge is 0.308 e. The normalized spacial score (nSPS) is 14.8. The Morgan fingerprint density at radius 1 is 0.656 bits per heavy atom. The molecule has 0 unspecified atom stereocenters. The molecule has 0 atom stereocenters. The molecule has 0 N–H and O–H groups in total. The summed E-state index contributed by atoms with van der Waals surface area (Å²) in [5.41, 5.74) is 5.48. The average molecular weight is 434 g/mol. The Hall–Kier alpha value is -3.63. The van der Waals surface area contributed by atoms with Gasteiger partial charge >= 0.3 is 0 Å². The molecule has 0 saturated carbocycles. The van der Waals surface area contributed by atoms with E-state index in [-0.39, 0.29) is 11.6 Å². The van der Waals surface area contributed by atoms with Crippen molar-refractivity contribution < 1.29 is 9.59 Å². The van der Waals surface area contributed by atoms with Crippen LogP contribution in [0.15, 0.2) is 107 Å². The van der Waals surface area contributed by atoms with Crippen LogP contribution in [0.2, 0.25) is 0 Å². The van der Waals surface area contributed by atoms with Gasteiger partial charge in [-0.1, -0.05) is 72.4 Å². The second-order valence-corrected chi connectivity index (χ2v) is 9.16. The minimum atomic E-state index is -0.628. The second kappa shape index (κ2) is 7.50. The van der Waals surface area contributed by atoms with Crippen molar-refractivity contribution >= 4 is 40.4 Å².